The summed E-state index contributed by atoms with van der Waals surface area (Å²) in [5.41, 5.74) is 2.73. The van der Waals surface area contributed by atoms with Crippen molar-refractivity contribution in [2.75, 3.05) is 13.2 Å². The number of hydrogen-bond acceptors (Lipinski definition) is 4. The van der Waals surface area contributed by atoms with Crippen molar-refractivity contribution < 1.29 is 18.7 Å². The van der Waals surface area contributed by atoms with Gasteiger partial charge in [-0.2, -0.15) is 0 Å². The van der Waals surface area contributed by atoms with E-state index in [1.54, 1.807) is 37.6 Å². The Bertz CT molecular complexity index is 961. The lowest BCUT2D eigenvalue weighted by atomic mass is 10.1. The molecule has 0 radical (unpaired) electrons. The number of aromatic nitrogens is 2. The third-order valence-electron chi connectivity index (χ3n) is 4.10. The molecule has 0 unspecified atom stereocenters. The Morgan fingerprint density at radius 2 is 1.96 bits per heavy atom. The second-order valence-corrected chi connectivity index (χ2v) is 5.87. The van der Waals surface area contributed by atoms with Crippen molar-refractivity contribution in [3.63, 3.8) is 0 Å². The maximum atomic E-state index is 13.1. The fourth-order valence-electron chi connectivity index (χ4n) is 2.85. The topological polar surface area (TPSA) is 53.4 Å². The second kappa shape index (κ2) is 8.49. The summed E-state index contributed by atoms with van der Waals surface area (Å²) in [7, 11) is 0. The summed E-state index contributed by atoms with van der Waals surface area (Å²) in [4.78, 5) is 16.6. The largest absolute Gasteiger partial charge is 0.501 e. The molecule has 27 heavy (non-hydrogen) atoms. The van der Waals surface area contributed by atoms with Gasteiger partial charge in [-0.25, -0.2) is 14.2 Å². The van der Waals surface area contributed by atoms with Gasteiger partial charge >= 0.3 is 5.97 Å². The predicted octanol–water partition coefficient (Wildman–Crippen LogP) is 4.41. The zero-order valence-electron chi connectivity index (χ0n) is 15.3. The Balaban J connectivity index is 2.03. The van der Waals surface area contributed by atoms with E-state index in [2.05, 4.69) is 4.98 Å². The summed E-state index contributed by atoms with van der Waals surface area (Å²) < 4.78 is 25.5. The number of pyridine rings is 1. The zero-order valence-corrected chi connectivity index (χ0v) is 15.3. The van der Waals surface area contributed by atoms with Gasteiger partial charge in [-0.15, -0.1) is 0 Å². The summed E-state index contributed by atoms with van der Waals surface area (Å²) in [6.45, 7) is 5.01. The fourth-order valence-corrected chi connectivity index (χ4v) is 2.85. The Morgan fingerprint density at radius 1 is 1.19 bits per heavy atom. The average molecular weight is 368 g/mol. The Morgan fingerprint density at radius 3 is 2.67 bits per heavy atom. The molecule has 3 rings (SSSR count). The number of benzene rings is 1. The minimum atomic E-state index is -0.471. The zero-order chi connectivity index (χ0) is 19.2. The van der Waals surface area contributed by atoms with Gasteiger partial charge in [-0.3, -0.25) is 0 Å². The molecular formula is C21H21FN2O3. The number of hydrogen-bond donors (Lipinski definition) is 0. The molecule has 0 amide bonds. The van der Waals surface area contributed by atoms with Crippen LogP contribution in [0, 0.1) is 5.82 Å². The van der Waals surface area contributed by atoms with Crippen molar-refractivity contribution in [3.05, 3.63) is 71.6 Å². The standard InChI is InChI=1S/C21H21FN2O3/c1-3-26-12-10-18-17-9-11-24(14-15-5-7-16(22)8-6-15)19(17)13-23-20(18)21(25)27-4-2/h5-13H,3-4,14H2,1-2H3. The molecule has 0 saturated heterocycles. The molecule has 2 aromatic heterocycles. The van der Waals surface area contributed by atoms with Crippen LogP contribution in [0.2, 0.25) is 0 Å². The second-order valence-electron chi connectivity index (χ2n) is 5.87. The molecule has 0 spiro atoms. The molecule has 0 fully saturated rings. The number of rotatable bonds is 7. The molecule has 2 heterocycles. The number of fused-ring (bicyclic) bond motifs is 1. The van der Waals surface area contributed by atoms with Gasteiger partial charge < -0.3 is 14.0 Å². The van der Waals surface area contributed by atoms with Gasteiger partial charge in [0.25, 0.3) is 0 Å². The molecule has 0 N–H and O–H groups in total. The summed E-state index contributed by atoms with van der Waals surface area (Å²) in [5, 5.41) is 0.867. The summed E-state index contributed by atoms with van der Waals surface area (Å²) in [5.74, 6) is -0.734. The van der Waals surface area contributed by atoms with E-state index in [4.69, 9.17) is 9.47 Å². The van der Waals surface area contributed by atoms with E-state index in [-0.39, 0.29) is 18.1 Å². The third kappa shape index (κ3) is 4.16. The van der Waals surface area contributed by atoms with Gasteiger partial charge in [0.1, 0.15) is 5.82 Å². The third-order valence-corrected chi connectivity index (χ3v) is 4.10. The first-order valence-electron chi connectivity index (χ1n) is 8.81. The average Bonchev–Trinajstić information content (AvgIpc) is 3.07. The molecule has 0 aliphatic heterocycles. The Labute approximate surface area is 157 Å². The van der Waals surface area contributed by atoms with Gasteiger partial charge in [-0.1, -0.05) is 12.1 Å². The van der Waals surface area contributed by atoms with Crippen LogP contribution in [0.15, 0.2) is 49.0 Å². The van der Waals surface area contributed by atoms with Crippen LogP contribution in [0.3, 0.4) is 0 Å². The molecule has 0 aliphatic carbocycles. The highest BCUT2D eigenvalue weighted by molar-refractivity contribution is 6.00. The first-order valence-corrected chi connectivity index (χ1v) is 8.81. The lowest BCUT2D eigenvalue weighted by molar-refractivity contribution is 0.0519. The van der Waals surface area contributed by atoms with Crippen molar-refractivity contribution in [1.29, 1.82) is 0 Å². The molecule has 3 aromatic rings. The maximum Gasteiger partial charge on any atom is 0.357 e. The fraction of sp³-hybridized carbons (Fsp3) is 0.238. The van der Waals surface area contributed by atoms with Crippen molar-refractivity contribution in [1.82, 2.24) is 9.55 Å². The van der Waals surface area contributed by atoms with Gasteiger partial charge in [-0.05, 0) is 43.7 Å². The SMILES string of the molecule is CCOC=Cc1c(C(=O)OCC)ncc2c1ccn2Cc1ccc(F)cc1. The van der Waals surface area contributed by atoms with E-state index in [1.807, 2.05) is 23.8 Å². The van der Waals surface area contributed by atoms with E-state index in [0.29, 0.717) is 18.7 Å². The molecule has 0 bridgehead atoms. The summed E-state index contributed by atoms with van der Waals surface area (Å²) >= 11 is 0. The monoisotopic (exact) mass is 368 g/mol. The van der Waals surface area contributed by atoms with Crippen LogP contribution in [-0.2, 0) is 16.0 Å². The molecule has 5 nitrogen and oxygen atoms in total. The van der Waals surface area contributed by atoms with E-state index < -0.39 is 5.97 Å². The summed E-state index contributed by atoms with van der Waals surface area (Å²) in [6.07, 6.45) is 6.86. The molecular weight excluding hydrogens is 347 g/mol. The molecule has 0 saturated carbocycles. The van der Waals surface area contributed by atoms with E-state index >= 15 is 0 Å². The maximum absolute atomic E-state index is 13.1. The van der Waals surface area contributed by atoms with Crippen LogP contribution in [0.5, 0.6) is 0 Å². The van der Waals surface area contributed by atoms with E-state index in [9.17, 15) is 9.18 Å². The van der Waals surface area contributed by atoms with Crippen LogP contribution in [0.1, 0.15) is 35.5 Å². The van der Waals surface area contributed by atoms with Crippen molar-refractivity contribution in [3.8, 4) is 0 Å². The van der Waals surface area contributed by atoms with Crippen molar-refractivity contribution >= 4 is 22.9 Å². The molecule has 140 valence electrons. The number of esters is 1. The summed E-state index contributed by atoms with van der Waals surface area (Å²) in [6, 6.07) is 8.30. The number of ether oxygens (including phenoxy) is 2. The number of carbonyl (C=O) groups excluding carboxylic acids is 1. The van der Waals surface area contributed by atoms with Crippen molar-refractivity contribution in [2.24, 2.45) is 0 Å². The van der Waals surface area contributed by atoms with Gasteiger partial charge in [0.15, 0.2) is 5.69 Å². The van der Waals surface area contributed by atoms with Crippen LogP contribution in [0.25, 0.3) is 17.0 Å². The molecule has 0 aliphatic rings. The minimum absolute atomic E-state index is 0.250. The minimum Gasteiger partial charge on any atom is -0.501 e. The van der Waals surface area contributed by atoms with Gasteiger partial charge in [0.2, 0.25) is 0 Å². The van der Waals surface area contributed by atoms with Crippen LogP contribution in [0.4, 0.5) is 4.39 Å². The highest BCUT2D eigenvalue weighted by Gasteiger charge is 2.17. The molecule has 1 aromatic carbocycles. The van der Waals surface area contributed by atoms with Gasteiger partial charge in [0.05, 0.1) is 31.2 Å². The lowest BCUT2D eigenvalue weighted by Gasteiger charge is -2.09. The highest BCUT2D eigenvalue weighted by Crippen LogP contribution is 2.25. The number of halogens is 1. The Kier molecular flexibility index (Phi) is 5.86. The van der Waals surface area contributed by atoms with Crippen LogP contribution >= 0.6 is 0 Å². The first-order chi connectivity index (χ1) is 13.1. The molecule has 6 heteroatoms. The number of carbonyl (C=O) groups is 1. The Hall–Kier alpha value is -3.15. The van der Waals surface area contributed by atoms with Crippen LogP contribution < -0.4 is 0 Å². The normalized spacial score (nSPS) is 11.2. The van der Waals surface area contributed by atoms with Crippen LogP contribution in [-0.4, -0.2) is 28.7 Å². The smallest absolute Gasteiger partial charge is 0.357 e. The van der Waals surface area contributed by atoms with Crippen molar-refractivity contribution in [2.45, 2.75) is 20.4 Å². The first kappa shape index (κ1) is 18.6. The highest BCUT2D eigenvalue weighted by atomic mass is 19.1. The van der Waals surface area contributed by atoms with Gasteiger partial charge in [0, 0.05) is 23.7 Å². The van der Waals surface area contributed by atoms with E-state index in [0.717, 1.165) is 16.5 Å². The quantitative estimate of drug-likeness (QED) is 0.458. The number of nitrogens with zero attached hydrogens (tertiary/aromatic N) is 2. The lowest BCUT2D eigenvalue weighted by Crippen LogP contribution is -2.10. The molecule has 0 atom stereocenters. The predicted molar refractivity (Wildman–Crippen MR) is 102 cm³/mol. The van der Waals surface area contributed by atoms with E-state index in [1.165, 1.54) is 12.1 Å².